The lowest BCUT2D eigenvalue weighted by Crippen LogP contribution is -2.45. The molecule has 0 N–H and O–H groups in total. The van der Waals surface area contributed by atoms with E-state index in [-0.39, 0.29) is 0 Å². The van der Waals surface area contributed by atoms with Crippen LogP contribution >= 0.6 is 0 Å². The fourth-order valence-electron chi connectivity index (χ4n) is 2.94. The molecule has 0 spiro atoms. The Hall–Kier alpha value is -3.40. The number of hydrogen-bond donors (Lipinski definition) is 0. The van der Waals surface area contributed by atoms with E-state index in [1.807, 2.05) is 97.9 Å². The summed E-state index contributed by atoms with van der Waals surface area (Å²) in [5, 5.41) is 0. The van der Waals surface area contributed by atoms with Gasteiger partial charge in [0.1, 0.15) is 0 Å². The van der Waals surface area contributed by atoms with Gasteiger partial charge in [0, 0.05) is 17.9 Å². The van der Waals surface area contributed by atoms with Crippen LogP contribution in [0.3, 0.4) is 0 Å². The summed E-state index contributed by atoms with van der Waals surface area (Å²) in [6.45, 7) is 2.62. The van der Waals surface area contributed by atoms with E-state index >= 15 is 0 Å². The fraction of sp³-hybridized carbons (Fsp3) is 0.130. The fourth-order valence-corrected chi connectivity index (χ4v) is 2.94. The summed E-state index contributed by atoms with van der Waals surface area (Å²) in [5.74, 6) is -1.08. The summed E-state index contributed by atoms with van der Waals surface area (Å²) in [7, 11) is 0. The van der Waals surface area contributed by atoms with Gasteiger partial charge in [-0.1, -0.05) is 66.7 Å². The number of hydrogen-bond acceptors (Lipinski definition) is 2. The molecule has 0 aliphatic rings. The van der Waals surface area contributed by atoms with Crippen molar-refractivity contribution < 1.29 is 9.59 Å². The van der Waals surface area contributed by atoms with Crippen LogP contribution < -0.4 is 9.80 Å². The third-order valence-corrected chi connectivity index (χ3v) is 4.31. The van der Waals surface area contributed by atoms with E-state index in [4.69, 9.17) is 0 Å². The first-order valence-corrected chi connectivity index (χ1v) is 8.98. The van der Waals surface area contributed by atoms with Crippen molar-refractivity contribution in [3.8, 4) is 0 Å². The zero-order valence-corrected chi connectivity index (χ0v) is 15.3. The van der Waals surface area contributed by atoms with Crippen molar-refractivity contribution >= 4 is 23.2 Å². The molecule has 0 saturated carbocycles. The first kappa shape index (κ1) is 18.4. The molecule has 136 valence electrons. The summed E-state index contributed by atoms with van der Waals surface area (Å²) in [6.07, 6.45) is 0. The van der Waals surface area contributed by atoms with Gasteiger partial charge in [0.15, 0.2) is 0 Å². The Morgan fingerprint density at radius 3 is 1.52 bits per heavy atom. The zero-order valence-electron chi connectivity index (χ0n) is 15.3. The van der Waals surface area contributed by atoms with E-state index in [9.17, 15) is 9.59 Å². The second-order valence-electron chi connectivity index (χ2n) is 6.10. The highest BCUT2D eigenvalue weighted by atomic mass is 16.2. The lowest BCUT2D eigenvalue weighted by atomic mass is 10.2. The van der Waals surface area contributed by atoms with E-state index in [1.165, 1.54) is 9.80 Å². The molecule has 0 saturated heterocycles. The highest BCUT2D eigenvalue weighted by molar-refractivity contribution is 6.44. The third-order valence-electron chi connectivity index (χ3n) is 4.31. The number of rotatable bonds is 5. The number of carbonyl (C=O) groups excluding carboxylic acids is 2. The minimum absolute atomic E-state index is 0.335. The molecule has 0 radical (unpaired) electrons. The molecular weight excluding hydrogens is 336 g/mol. The molecule has 2 amide bonds. The monoisotopic (exact) mass is 358 g/mol. The molecule has 0 fully saturated rings. The molecule has 3 aromatic carbocycles. The molecule has 0 bridgehead atoms. The first-order valence-electron chi connectivity index (χ1n) is 8.98. The van der Waals surface area contributed by atoms with Crippen LogP contribution in [0.2, 0.25) is 0 Å². The molecule has 4 nitrogen and oxygen atoms in total. The summed E-state index contributed by atoms with van der Waals surface area (Å²) in [6, 6.07) is 28.2. The number of anilines is 2. The summed E-state index contributed by atoms with van der Waals surface area (Å²) in [4.78, 5) is 29.2. The van der Waals surface area contributed by atoms with Gasteiger partial charge in [0.2, 0.25) is 0 Å². The van der Waals surface area contributed by atoms with E-state index in [1.54, 1.807) is 0 Å². The Bertz CT molecular complexity index is 880. The average molecular weight is 358 g/mol. The smallest absolute Gasteiger partial charge is 0.304 e. The van der Waals surface area contributed by atoms with Crippen molar-refractivity contribution in [1.82, 2.24) is 0 Å². The Morgan fingerprint density at radius 1 is 0.630 bits per heavy atom. The van der Waals surface area contributed by atoms with Crippen molar-refractivity contribution in [3.05, 3.63) is 96.6 Å². The number of carbonyl (C=O) groups is 2. The van der Waals surface area contributed by atoms with E-state index in [0.717, 1.165) is 5.56 Å². The lowest BCUT2D eigenvalue weighted by Gasteiger charge is -2.26. The minimum atomic E-state index is -0.546. The van der Waals surface area contributed by atoms with Gasteiger partial charge in [-0.25, -0.2) is 0 Å². The van der Waals surface area contributed by atoms with Crippen LogP contribution in [0, 0.1) is 0 Å². The summed E-state index contributed by atoms with van der Waals surface area (Å²) >= 11 is 0. The first-order chi connectivity index (χ1) is 13.2. The normalized spacial score (nSPS) is 10.3. The van der Waals surface area contributed by atoms with Gasteiger partial charge in [0.05, 0.1) is 6.54 Å². The lowest BCUT2D eigenvalue weighted by molar-refractivity contribution is -0.136. The van der Waals surface area contributed by atoms with Crippen molar-refractivity contribution in [2.45, 2.75) is 13.5 Å². The second kappa shape index (κ2) is 8.81. The minimum Gasteiger partial charge on any atom is -0.304 e. The van der Waals surface area contributed by atoms with Crippen molar-refractivity contribution in [2.24, 2.45) is 0 Å². The van der Waals surface area contributed by atoms with Crippen molar-refractivity contribution in [1.29, 1.82) is 0 Å². The van der Waals surface area contributed by atoms with Crippen LogP contribution in [-0.2, 0) is 16.1 Å². The Kier molecular flexibility index (Phi) is 6.00. The molecule has 0 aromatic heterocycles. The van der Waals surface area contributed by atoms with Crippen LogP contribution in [0.1, 0.15) is 12.5 Å². The number of nitrogens with zero attached hydrogens (tertiary/aromatic N) is 2. The predicted octanol–water partition coefficient (Wildman–Crippen LogP) is 4.27. The van der Waals surface area contributed by atoms with Gasteiger partial charge in [-0.05, 0) is 36.8 Å². The van der Waals surface area contributed by atoms with Crippen LogP contribution in [-0.4, -0.2) is 18.4 Å². The van der Waals surface area contributed by atoms with E-state index < -0.39 is 11.8 Å². The largest absolute Gasteiger partial charge is 0.317 e. The Balaban J connectivity index is 1.91. The maximum atomic E-state index is 13.2. The Labute approximate surface area is 159 Å². The topological polar surface area (TPSA) is 40.6 Å². The van der Waals surface area contributed by atoms with Crippen molar-refractivity contribution in [2.75, 3.05) is 16.3 Å². The molecule has 4 heteroatoms. The molecule has 0 unspecified atom stereocenters. The maximum absolute atomic E-state index is 13.2. The van der Waals surface area contributed by atoms with E-state index in [2.05, 4.69) is 0 Å². The van der Waals surface area contributed by atoms with Crippen LogP contribution in [0.15, 0.2) is 91.0 Å². The maximum Gasteiger partial charge on any atom is 0.317 e. The van der Waals surface area contributed by atoms with Crippen LogP contribution in [0.4, 0.5) is 11.4 Å². The zero-order chi connectivity index (χ0) is 19.1. The molecule has 0 atom stereocenters. The molecule has 27 heavy (non-hydrogen) atoms. The SMILES string of the molecule is CCN(C(=O)C(=O)N(Cc1ccccc1)c1ccccc1)c1ccccc1. The van der Waals surface area contributed by atoms with Gasteiger partial charge in [-0.15, -0.1) is 0 Å². The molecule has 0 aliphatic heterocycles. The standard InChI is InChI=1S/C23H22N2O2/c1-2-24(20-14-8-4-9-15-20)22(26)23(27)25(21-16-10-5-11-17-21)18-19-12-6-3-7-13-19/h3-17H,2,18H2,1H3. The van der Waals surface area contributed by atoms with E-state index in [0.29, 0.717) is 24.5 Å². The number of benzene rings is 3. The highest BCUT2D eigenvalue weighted by Crippen LogP contribution is 2.20. The van der Waals surface area contributed by atoms with Gasteiger partial charge in [-0.3, -0.25) is 14.5 Å². The highest BCUT2D eigenvalue weighted by Gasteiger charge is 2.28. The quantitative estimate of drug-likeness (QED) is 0.639. The van der Waals surface area contributed by atoms with Crippen LogP contribution in [0.5, 0.6) is 0 Å². The number of para-hydroxylation sites is 2. The Morgan fingerprint density at radius 2 is 1.04 bits per heavy atom. The van der Waals surface area contributed by atoms with Gasteiger partial charge in [0.25, 0.3) is 0 Å². The summed E-state index contributed by atoms with van der Waals surface area (Å²) in [5.41, 5.74) is 2.38. The molecule has 0 aliphatic carbocycles. The second-order valence-corrected chi connectivity index (χ2v) is 6.10. The molecular formula is C23H22N2O2. The summed E-state index contributed by atoms with van der Waals surface area (Å²) < 4.78 is 0. The van der Waals surface area contributed by atoms with Crippen molar-refractivity contribution in [3.63, 3.8) is 0 Å². The molecule has 3 aromatic rings. The average Bonchev–Trinajstić information content (AvgIpc) is 2.74. The predicted molar refractivity (Wildman–Crippen MR) is 109 cm³/mol. The van der Waals surface area contributed by atoms with Gasteiger partial charge in [-0.2, -0.15) is 0 Å². The van der Waals surface area contributed by atoms with Gasteiger partial charge >= 0.3 is 11.8 Å². The number of amides is 2. The van der Waals surface area contributed by atoms with Crippen LogP contribution in [0.25, 0.3) is 0 Å². The third kappa shape index (κ3) is 4.42. The molecule has 0 heterocycles. The van der Waals surface area contributed by atoms with Gasteiger partial charge < -0.3 is 4.90 Å². The molecule has 3 rings (SSSR count). The number of likely N-dealkylation sites (N-methyl/N-ethyl adjacent to an activating group) is 1.